The van der Waals surface area contributed by atoms with Gasteiger partial charge < -0.3 is 14.6 Å². The molecule has 0 aliphatic carbocycles. The molecule has 106 valence electrons. The van der Waals surface area contributed by atoms with Crippen molar-refractivity contribution in [1.82, 2.24) is 0 Å². The number of hydrogen-bond acceptors (Lipinski definition) is 3. The molecule has 0 amide bonds. The smallest absolute Gasteiger partial charge is 0.136 e. The lowest BCUT2D eigenvalue weighted by molar-refractivity contribution is 0.190. The first-order valence-electron chi connectivity index (χ1n) is 6.77. The van der Waals surface area contributed by atoms with Crippen LogP contribution >= 0.6 is 0 Å². The third-order valence-electron chi connectivity index (χ3n) is 3.22. The molecule has 2 aromatic carbocycles. The summed E-state index contributed by atoms with van der Waals surface area (Å²) in [5.41, 5.74) is 1.92. The van der Waals surface area contributed by atoms with Gasteiger partial charge in [0, 0.05) is 0 Å². The van der Waals surface area contributed by atoms with E-state index in [0.29, 0.717) is 17.1 Å². The third-order valence-corrected chi connectivity index (χ3v) is 3.22. The Morgan fingerprint density at radius 2 is 1.70 bits per heavy atom. The van der Waals surface area contributed by atoms with Gasteiger partial charge in [0.25, 0.3) is 0 Å². The van der Waals surface area contributed by atoms with E-state index >= 15 is 0 Å². The van der Waals surface area contributed by atoms with Crippen LogP contribution in [0.15, 0.2) is 42.5 Å². The van der Waals surface area contributed by atoms with Gasteiger partial charge in [0.15, 0.2) is 0 Å². The number of ether oxygens (including phenoxy) is 2. The fourth-order valence-corrected chi connectivity index (χ4v) is 2.12. The normalized spacial score (nSPS) is 12.0. The zero-order valence-corrected chi connectivity index (χ0v) is 12.1. The van der Waals surface area contributed by atoms with Crippen molar-refractivity contribution in [3.05, 3.63) is 53.6 Å². The van der Waals surface area contributed by atoms with Gasteiger partial charge in [-0.15, -0.1) is 0 Å². The molecule has 1 N–H and O–H groups in total. The monoisotopic (exact) mass is 272 g/mol. The third kappa shape index (κ3) is 3.11. The fraction of sp³-hybridized carbons (Fsp3) is 0.294. The van der Waals surface area contributed by atoms with Crippen molar-refractivity contribution in [2.24, 2.45) is 0 Å². The number of benzene rings is 2. The number of aliphatic hydroxyl groups is 1. The highest BCUT2D eigenvalue weighted by Crippen LogP contribution is 2.36. The van der Waals surface area contributed by atoms with Crippen LogP contribution in [0.25, 0.3) is 0 Å². The summed E-state index contributed by atoms with van der Waals surface area (Å²) in [6.07, 6.45) is 0.342. The molecule has 3 nitrogen and oxygen atoms in total. The van der Waals surface area contributed by atoms with Gasteiger partial charge in [-0.25, -0.2) is 0 Å². The summed E-state index contributed by atoms with van der Waals surface area (Å²) < 4.78 is 11.2. The van der Waals surface area contributed by atoms with Gasteiger partial charge in [-0.1, -0.05) is 25.1 Å². The summed E-state index contributed by atoms with van der Waals surface area (Å²) in [4.78, 5) is 0. The van der Waals surface area contributed by atoms with Crippen LogP contribution in [-0.2, 0) is 6.42 Å². The van der Waals surface area contributed by atoms with Crippen molar-refractivity contribution in [1.29, 1.82) is 0 Å². The van der Waals surface area contributed by atoms with E-state index in [0.717, 1.165) is 12.2 Å². The Kier molecular flexibility index (Phi) is 4.64. The Bertz CT molecular complexity index is 559. The van der Waals surface area contributed by atoms with Crippen LogP contribution in [0.2, 0.25) is 0 Å². The van der Waals surface area contributed by atoms with E-state index in [9.17, 15) is 5.11 Å². The second-order valence-corrected chi connectivity index (χ2v) is 4.65. The van der Waals surface area contributed by atoms with Gasteiger partial charge in [0.1, 0.15) is 17.2 Å². The van der Waals surface area contributed by atoms with Gasteiger partial charge in [0.2, 0.25) is 0 Å². The molecule has 0 fully saturated rings. The molecule has 2 rings (SSSR count). The van der Waals surface area contributed by atoms with Crippen molar-refractivity contribution in [2.45, 2.75) is 26.4 Å². The average molecular weight is 272 g/mol. The molecule has 0 saturated heterocycles. The molecule has 3 heteroatoms. The Morgan fingerprint density at radius 3 is 2.25 bits per heavy atom. The van der Waals surface area contributed by atoms with E-state index < -0.39 is 6.10 Å². The zero-order valence-electron chi connectivity index (χ0n) is 12.1. The van der Waals surface area contributed by atoms with Gasteiger partial charge in [-0.05, 0) is 43.2 Å². The first-order valence-corrected chi connectivity index (χ1v) is 6.77. The number of hydrogen-bond donors (Lipinski definition) is 1. The fourth-order valence-electron chi connectivity index (χ4n) is 2.12. The summed E-state index contributed by atoms with van der Waals surface area (Å²) in [6.45, 7) is 3.81. The molecular weight excluding hydrogens is 252 g/mol. The predicted octanol–water partition coefficient (Wildman–Crippen LogP) is 4.10. The van der Waals surface area contributed by atoms with Crippen LogP contribution < -0.4 is 9.47 Å². The van der Waals surface area contributed by atoms with Crippen molar-refractivity contribution < 1.29 is 14.6 Å². The predicted molar refractivity (Wildman–Crippen MR) is 79.5 cm³/mol. The zero-order chi connectivity index (χ0) is 14.5. The summed E-state index contributed by atoms with van der Waals surface area (Å²) in [7, 11) is 1.58. The molecular formula is C17H20O3. The molecule has 0 bridgehead atoms. The molecule has 20 heavy (non-hydrogen) atoms. The van der Waals surface area contributed by atoms with Crippen LogP contribution in [0, 0.1) is 0 Å². The summed E-state index contributed by atoms with van der Waals surface area (Å²) in [5.74, 6) is 1.99. The van der Waals surface area contributed by atoms with E-state index in [1.165, 1.54) is 5.56 Å². The number of aryl methyl sites for hydroxylation is 1. The van der Waals surface area contributed by atoms with Crippen LogP contribution in [0.4, 0.5) is 0 Å². The first-order chi connectivity index (χ1) is 9.65. The molecule has 1 atom stereocenters. The Labute approximate surface area is 119 Å². The molecule has 0 unspecified atom stereocenters. The quantitative estimate of drug-likeness (QED) is 0.890. The van der Waals surface area contributed by atoms with E-state index in [1.807, 2.05) is 42.5 Å². The van der Waals surface area contributed by atoms with E-state index in [4.69, 9.17) is 9.47 Å². The Morgan fingerprint density at radius 1 is 1.05 bits per heavy atom. The molecule has 2 aromatic rings. The van der Waals surface area contributed by atoms with Gasteiger partial charge in [-0.3, -0.25) is 0 Å². The molecule has 0 spiro atoms. The molecule has 0 saturated carbocycles. The van der Waals surface area contributed by atoms with Crippen molar-refractivity contribution in [2.75, 3.05) is 7.11 Å². The van der Waals surface area contributed by atoms with Gasteiger partial charge in [-0.2, -0.15) is 0 Å². The van der Waals surface area contributed by atoms with Crippen LogP contribution in [0.3, 0.4) is 0 Å². The highest BCUT2D eigenvalue weighted by Gasteiger charge is 2.15. The standard InChI is InChI=1S/C17H20O3/c1-4-13-8-10-14(11-9-13)20-16-7-5-6-15(19-3)17(16)12(2)18/h5-12,18H,4H2,1-3H3/t12-/m0/s1. The second-order valence-electron chi connectivity index (χ2n) is 4.65. The van der Waals surface area contributed by atoms with Crippen molar-refractivity contribution in [3.63, 3.8) is 0 Å². The van der Waals surface area contributed by atoms with Crippen molar-refractivity contribution >= 4 is 0 Å². The lowest BCUT2D eigenvalue weighted by Crippen LogP contribution is -2.00. The van der Waals surface area contributed by atoms with Gasteiger partial charge in [0.05, 0.1) is 18.8 Å². The molecule has 0 heterocycles. The molecule has 0 aliphatic rings. The van der Waals surface area contributed by atoms with E-state index in [-0.39, 0.29) is 0 Å². The second kappa shape index (κ2) is 6.44. The summed E-state index contributed by atoms with van der Waals surface area (Å²) in [5, 5.41) is 9.92. The SMILES string of the molecule is CCc1ccc(Oc2cccc(OC)c2[C@H](C)O)cc1. The van der Waals surface area contributed by atoms with Gasteiger partial charge >= 0.3 is 0 Å². The minimum atomic E-state index is -0.656. The highest BCUT2D eigenvalue weighted by atomic mass is 16.5. The molecule has 0 aliphatic heterocycles. The van der Waals surface area contributed by atoms with Crippen LogP contribution in [0.5, 0.6) is 17.2 Å². The first kappa shape index (κ1) is 14.4. The van der Waals surface area contributed by atoms with E-state index in [2.05, 4.69) is 6.92 Å². The van der Waals surface area contributed by atoms with E-state index in [1.54, 1.807) is 14.0 Å². The highest BCUT2D eigenvalue weighted by molar-refractivity contribution is 5.48. The number of rotatable bonds is 5. The Hall–Kier alpha value is -2.00. The Balaban J connectivity index is 2.32. The minimum absolute atomic E-state index is 0.614. The van der Waals surface area contributed by atoms with Crippen LogP contribution in [0.1, 0.15) is 31.1 Å². The maximum atomic E-state index is 9.92. The topological polar surface area (TPSA) is 38.7 Å². The number of aliphatic hydroxyl groups excluding tert-OH is 1. The average Bonchev–Trinajstić information content (AvgIpc) is 2.47. The maximum absolute atomic E-state index is 9.92. The lowest BCUT2D eigenvalue weighted by atomic mass is 10.1. The van der Waals surface area contributed by atoms with Crippen molar-refractivity contribution in [3.8, 4) is 17.2 Å². The minimum Gasteiger partial charge on any atom is -0.496 e. The number of methoxy groups -OCH3 is 1. The summed E-state index contributed by atoms with van der Waals surface area (Å²) in [6, 6.07) is 13.4. The maximum Gasteiger partial charge on any atom is 0.136 e. The molecule has 0 aromatic heterocycles. The molecule has 0 radical (unpaired) electrons. The van der Waals surface area contributed by atoms with Crippen LogP contribution in [-0.4, -0.2) is 12.2 Å². The lowest BCUT2D eigenvalue weighted by Gasteiger charge is -2.16. The largest absolute Gasteiger partial charge is 0.496 e. The summed E-state index contributed by atoms with van der Waals surface area (Å²) >= 11 is 0.